The highest BCUT2D eigenvalue weighted by Gasteiger charge is 2.17. The Morgan fingerprint density at radius 3 is 2.36 bits per heavy atom. The Hall–Kier alpha value is -1.22. The lowest BCUT2D eigenvalue weighted by molar-refractivity contribution is 0.250. The van der Waals surface area contributed by atoms with E-state index in [-0.39, 0.29) is 0 Å². The molecule has 0 spiro atoms. The predicted molar refractivity (Wildman–Crippen MR) is 95.1 cm³/mol. The monoisotopic (exact) mass is 334 g/mol. The highest BCUT2D eigenvalue weighted by Crippen LogP contribution is 2.27. The van der Waals surface area contributed by atoms with Crippen molar-refractivity contribution in [1.82, 2.24) is 4.90 Å². The summed E-state index contributed by atoms with van der Waals surface area (Å²) in [5, 5.41) is 1.24. The molecule has 2 nitrogen and oxygen atoms in total. The van der Waals surface area contributed by atoms with Crippen molar-refractivity contribution in [2.24, 2.45) is 0 Å². The van der Waals surface area contributed by atoms with Crippen LogP contribution in [0.4, 0.5) is 5.69 Å². The molecule has 1 fully saturated rings. The van der Waals surface area contributed by atoms with Crippen LogP contribution < -0.4 is 4.90 Å². The molecule has 1 saturated heterocycles. The van der Waals surface area contributed by atoms with E-state index in [0.29, 0.717) is 10.0 Å². The van der Waals surface area contributed by atoms with Crippen molar-refractivity contribution in [3.8, 4) is 0 Å². The first kappa shape index (κ1) is 15.7. The molecule has 0 amide bonds. The van der Waals surface area contributed by atoms with E-state index in [1.807, 2.05) is 18.2 Å². The van der Waals surface area contributed by atoms with Crippen LogP contribution in [0.15, 0.2) is 42.5 Å². The topological polar surface area (TPSA) is 6.48 Å². The van der Waals surface area contributed by atoms with Crippen LogP contribution in [-0.2, 0) is 6.54 Å². The maximum atomic E-state index is 6.11. The number of halogens is 2. The molecule has 4 heteroatoms. The summed E-state index contributed by atoms with van der Waals surface area (Å²) in [5.41, 5.74) is 3.87. The zero-order valence-corrected chi connectivity index (χ0v) is 14.2. The molecule has 0 unspecified atom stereocenters. The van der Waals surface area contributed by atoms with Gasteiger partial charge in [-0.25, -0.2) is 0 Å². The molecule has 0 aromatic heterocycles. The second-order valence-corrected chi connectivity index (χ2v) is 6.67. The third-order valence-corrected chi connectivity index (χ3v) is 4.87. The van der Waals surface area contributed by atoms with Crippen molar-refractivity contribution in [3.05, 3.63) is 63.6 Å². The molecule has 1 aliphatic rings. The van der Waals surface area contributed by atoms with Gasteiger partial charge in [-0.05, 0) is 30.7 Å². The number of nitrogens with zero attached hydrogens (tertiary/aromatic N) is 2. The summed E-state index contributed by atoms with van der Waals surface area (Å²) in [6, 6.07) is 14.6. The summed E-state index contributed by atoms with van der Waals surface area (Å²) < 4.78 is 0. The molecule has 0 aliphatic carbocycles. The number of hydrogen-bond donors (Lipinski definition) is 0. The molecule has 1 aliphatic heterocycles. The fraction of sp³-hybridized carbons (Fsp3) is 0.333. The summed E-state index contributed by atoms with van der Waals surface area (Å²) in [5.74, 6) is 0. The second-order valence-electron chi connectivity index (χ2n) is 5.85. The van der Waals surface area contributed by atoms with Crippen LogP contribution in [-0.4, -0.2) is 31.1 Å². The smallest absolute Gasteiger partial charge is 0.0612 e. The quantitative estimate of drug-likeness (QED) is 0.807. The third kappa shape index (κ3) is 3.75. The average molecular weight is 335 g/mol. The van der Waals surface area contributed by atoms with Gasteiger partial charge in [-0.1, -0.05) is 53.0 Å². The maximum Gasteiger partial charge on any atom is 0.0612 e. The van der Waals surface area contributed by atoms with Crippen LogP contribution in [0.1, 0.15) is 11.1 Å². The molecule has 0 bridgehead atoms. The number of benzene rings is 2. The molecule has 1 heterocycles. The van der Waals surface area contributed by atoms with Crippen LogP contribution in [0.5, 0.6) is 0 Å². The van der Waals surface area contributed by atoms with Crippen LogP contribution in [0.2, 0.25) is 10.0 Å². The maximum absolute atomic E-state index is 6.11. The van der Waals surface area contributed by atoms with E-state index in [9.17, 15) is 0 Å². The molecule has 22 heavy (non-hydrogen) atoms. The molecule has 0 radical (unpaired) electrons. The van der Waals surface area contributed by atoms with Gasteiger partial charge in [0.2, 0.25) is 0 Å². The molecule has 0 saturated carbocycles. The van der Waals surface area contributed by atoms with E-state index in [2.05, 4.69) is 41.0 Å². The number of piperazine rings is 1. The average Bonchev–Trinajstić information content (AvgIpc) is 2.51. The molecule has 0 atom stereocenters. The van der Waals surface area contributed by atoms with Crippen molar-refractivity contribution < 1.29 is 0 Å². The van der Waals surface area contributed by atoms with Gasteiger partial charge in [0.05, 0.1) is 10.0 Å². The number of anilines is 1. The summed E-state index contributed by atoms with van der Waals surface area (Å²) in [7, 11) is 0. The Balaban J connectivity index is 1.59. The van der Waals surface area contributed by atoms with Crippen molar-refractivity contribution >= 4 is 28.9 Å². The van der Waals surface area contributed by atoms with Gasteiger partial charge in [-0.3, -0.25) is 4.90 Å². The SMILES string of the molecule is Cc1cccc(CN2CCN(c3ccc(Cl)c(Cl)c3)CC2)c1. The van der Waals surface area contributed by atoms with Gasteiger partial charge in [0.15, 0.2) is 0 Å². The Morgan fingerprint density at radius 2 is 1.68 bits per heavy atom. The van der Waals surface area contributed by atoms with E-state index >= 15 is 0 Å². The van der Waals surface area contributed by atoms with Gasteiger partial charge in [0, 0.05) is 38.4 Å². The highest BCUT2D eigenvalue weighted by atomic mass is 35.5. The Kier molecular flexibility index (Phi) is 4.92. The molecule has 116 valence electrons. The fourth-order valence-corrected chi connectivity index (χ4v) is 3.21. The zero-order valence-electron chi connectivity index (χ0n) is 12.7. The standard InChI is InChI=1S/C18H20Cl2N2/c1-14-3-2-4-15(11-14)13-21-7-9-22(10-8-21)16-5-6-17(19)18(20)12-16/h2-6,11-12H,7-10,13H2,1H3. The first-order chi connectivity index (χ1) is 10.6. The summed E-state index contributed by atoms with van der Waals surface area (Å²) >= 11 is 12.1. The Labute approximate surface area is 142 Å². The van der Waals surface area contributed by atoms with E-state index in [1.165, 1.54) is 11.1 Å². The molecule has 0 N–H and O–H groups in total. The molecule has 2 aromatic carbocycles. The largest absolute Gasteiger partial charge is 0.369 e. The molecule has 2 aromatic rings. The predicted octanol–water partition coefficient (Wildman–Crippen LogP) is 4.62. The van der Waals surface area contributed by atoms with Gasteiger partial charge >= 0.3 is 0 Å². The lowest BCUT2D eigenvalue weighted by Crippen LogP contribution is -2.45. The van der Waals surface area contributed by atoms with E-state index in [1.54, 1.807) is 0 Å². The summed E-state index contributed by atoms with van der Waals surface area (Å²) in [4.78, 5) is 4.87. The van der Waals surface area contributed by atoms with Crippen LogP contribution in [0, 0.1) is 6.92 Å². The highest BCUT2D eigenvalue weighted by molar-refractivity contribution is 6.42. The minimum Gasteiger partial charge on any atom is -0.369 e. The molecule has 3 rings (SSSR count). The lowest BCUT2D eigenvalue weighted by Gasteiger charge is -2.36. The van der Waals surface area contributed by atoms with Crippen molar-refractivity contribution in [2.75, 3.05) is 31.1 Å². The molecular formula is C18H20Cl2N2. The zero-order chi connectivity index (χ0) is 15.5. The van der Waals surface area contributed by atoms with E-state index in [0.717, 1.165) is 38.4 Å². The fourth-order valence-electron chi connectivity index (χ4n) is 2.91. The van der Waals surface area contributed by atoms with Crippen molar-refractivity contribution in [3.63, 3.8) is 0 Å². The summed E-state index contributed by atoms with van der Waals surface area (Å²) in [6.45, 7) is 7.33. The van der Waals surface area contributed by atoms with Crippen LogP contribution >= 0.6 is 23.2 Å². The van der Waals surface area contributed by atoms with Crippen molar-refractivity contribution in [2.45, 2.75) is 13.5 Å². The number of rotatable bonds is 3. The second kappa shape index (κ2) is 6.91. The van der Waals surface area contributed by atoms with E-state index < -0.39 is 0 Å². The van der Waals surface area contributed by atoms with Gasteiger partial charge in [0.25, 0.3) is 0 Å². The Bertz CT molecular complexity index is 649. The van der Waals surface area contributed by atoms with Gasteiger partial charge < -0.3 is 4.90 Å². The Morgan fingerprint density at radius 1 is 0.909 bits per heavy atom. The van der Waals surface area contributed by atoms with Gasteiger partial charge in [0.1, 0.15) is 0 Å². The third-order valence-electron chi connectivity index (χ3n) is 4.13. The minimum atomic E-state index is 0.614. The first-order valence-corrected chi connectivity index (χ1v) is 8.35. The minimum absolute atomic E-state index is 0.614. The lowest BCUT2D eigenvalue weighted by atomic mass is 10.1. The molecular weight excluding hydrogens is 315 g/mol. The van der Waals surface area contributed by atoms with Crippen LogP contribution in [0.3, 0.4) is 0 Å². The van der Waals surface area contributed by atoms with Gasteiger partial charge in [-0.15, -0.1) is 0 Å². The first-order valence-electron chi connectivity index (χ1n) is 7.60. The summed E-state index contributed by atoms with van der Waals surface area (Å²) in [6.07, 6.45) is 0. The normalized spacial score (nSPS) is 16.0. The van der Waals surface area contributed by atoms with Crippen LogP contribution in [0.25, 0.3) is 0 Å². The number of aryl methyl sites for hydroxylation is 1. The van der Waals surface area contributed by atoms with Gasteiger partial charge in [-0.2, -0.15) is 0 Å². The van der Waals surface area contributed by atoms with E-state index in [4.69, 9.17) is 23.2 Å². The number of hydrogen-bond acceptors (Lipinski definition) is 2. The van der Waals surface area contributed by atoms with Crippen molar-refractivity contribution in [1.29, 1.82) is 0 Å².